The summed E-state index contributed by atoms with van der Waals surface area (Å²) in [6, 6.07) is 5.82. The van der Waals surface area contributed by atoms with Crippen molar-refractivity contribution >= 4 is 47.5 Å². The molecule has 0 unspecified atom stereocenters. The molecule has 146 valence electrons. The molecule has 0 amide bonds. The molecule has 28 heavy (non-hydrogen) atoms. The van der Waals surface area contributed by atoms with Crippen molar-refractivity contribution in [3.05, 3.63) is 35.2 Å². The summed E-state index contributed by atoms with van der Waals surface area (Å²) in [7, 11) is 1.60. The van der Waals surface area contributed by atoms with E-state index in [4.69, 9.17) is 4.74 Å². The number of nitrogens with zero attached hydrogens (tertiary/aromatic N) is 2. The Morgan fingerprint density at radius 2 is 2.00 bits per heavy atom. The zero-order valence-corrected chi connectivity index (χ0v) is 17.6. The van der Waals surface area contributed by atoms with Crippen molar-refractivity contribution in [2.45, 2.75) is 30.7 Å². The minimum atomic E-state index is -0.838. The number of nitrogens with one attached hydrogen (secondary N) is 1. The number of carbonyl (C=O) groups excluding carboxylic acids is 2. The molecule has 0 radical (unpaired) electrons. The minimum Gasteiger partial charge on any atom is -0.496 e. The van der Waals surface area contributed by atoms with Crippen molar-refractivity contribution in [1.82, 2.24) is 9.97 Å². The third-order valence-electron chi connectivity index (χ3n) is 4.91. The average molecular weight is 418 g/mol. The van der Waals surface area contributed by atoms with E-state index >= 15 is 0 Å². The number of carbonyl (C=O) groups is 2. The molecule has 2 aliphatic rings. The lowest BCUT2D eigenvalue weighted by molar-refractivity contribution is -0.119. The van der Waals surface area contributed by atoms with Gasteiger partial charge in [-0.05, 0) is 38.3 Å². The van der Waals surface area contributed by atoms with E-state index in [1.165, 1.54) is 0 Å². The first kappa shape index (κ1) is 20.4. The summed E-state index contributed by atoms with van der Waals surface area (Å²) in [5.41, 5.74) is 2.00. The highest BCUT2D eigenvalue weighted by molar-refractivity contribution is 7.98. The number of dihydropyridines is 1. The van der Waals surface area contributed by atoms with Crippen LogP contribution in [0.3, 0.4) is 0 Å². The van der Waals surface area contributed by atoms with Gasteiger partial charge in [-0.1, -0.05) is 0 Å². The average Bonchev–Trinajstić information content (AvgIpc) is 3.11. The number of allylic oxidation sites excluding steroid dienone is 1. The van der Waals surface area contributed by atoms with Crippen molar-refractivity contribution in [3.8, 4) is 17.1 Å². The Labute approximate surface area is 173 Å². The maximum Gasteiger partial charge on any atom is 0.187 e. The number of ether oxygens (including phenoxy) is 1. The molecule has 0 saturated heterocycles. The van der Waals surface area contributed by atoms with Crippen LogP contribution in [0.2, 0.25) is 0 Å². The van der Waals surface area contributed by atoms with Crippen molar-refractivity contribution in [2.24, 2.45) is 4.99 Å². The zero-order valence-electron chi connectivity index (χ0n) is 16.0. The number of H-pyrrole nitrogens is 1. The van der Waals surface area contributed by atoms with Crippen LogP contribution in [0.1, 0.15) is 36.5 Å². The van der Waals surface area contributed by atoms with Crippen LogP contribution < -0.4 is 4.74 Å². The number of benzene rings is 1. The van der Waals surface area contributed by atoms with Gasteiger partial charge < -0.3 is 9.72 Å². The second-order valence-electron chi connectivity index (χ2n) is 7.01. The van der Waals surface area contributed by atoms with Crippen LogP contribution in [-0.4, -0.2) is 46.7 Å². The number of ketones is 2. The number of imidazole rings is 1. The third-order valence-corrected chi connectivity index (χ3v) is 5.63. The van der Waals surface area contributed by atoms with Crippen LogP contribution in [0.5, 0.6) is 5.75 Å². The molecule has 0 atom stereocenters. The normalized spacial score (nSPS) is 17.1. The predicted octanol–water partition coefficient (Wildman–Crippen LogP) is 4.00. The summed E-state index contributed by atoms with van der Waals surface area (Å²) < 4.78 is 5.46. The van der Waals surface area contributed by atoms with Gasteiger partial charge in [0.25, 0.3) is 0 Å². The van der Waals surface area contributed by atoms with Crippen LogP contribution in [0, 0.1) is 0 Å². The van der Waals surface area contributed by atoms with Gasteiger partial charge in [0.15, 0.2) is 11.6 Å². The number of halogens is 1. The molecule has 1 aliphatic heterocycles. The number of aliphatic imine (C=N–C) groups is 1. The fourth-order valence-electron chi connectivity index (χ4n) is 3.39. The van der Waals surface area contributed by atoms with Crippen LogP contribution in [0.4, 0.5) is 0 Å². The first-order chi connectivity index (χ1) is 12.9. The maximum atomic E-state index is 12.7. The van der Waals surface area contributed by atoms with E-state index in [0.29, 0.717) is 34.1 Å². The Bertz CT molecular complexity index is 1050. The molecule has 6 nitrogen and oxygen atoms in total. The highest BCUT2D eigenvalue weighted by atomic mass is 35.5. The van der Waals surface area contributed by atoms with E-state index in [0.717, 1.165) is 10.5 Å². The fraction of sp³-hybridized carbons (Fsp3) is 0.300. The SMILES string of the molecule is COc1ccc(SC)cc1-c1nc2c([nH]1)C1=C(CC2=O)C(=O)C(C)(C)N=C1.Cl. The Balaban J connectivity index is 0.00000225. The number of aromatic amines is 1. The molecule has 1 aliphatic carbocycles. The van der Waals surface area contributed by atoms with E-state index in [1.807, 2.05) is 24.5 Å². The monoisotopic (exact) mass is 417 g/mol. The fourth-order valence-corrected chi connectivity index (χ4v) is 3.83. The highest BCUT2D eigenvalue weighted by Gasteiger charge is 2.40. The number of fused-ring (bicyclic) bond motifs is 2. The van der Waals surface area contributed by atoms with Crippen LogP contribution in [0.25, 0.3) is 17.0 Å². The summed E-state index contributed by atoms with van der Waals surface area (Å²) in [5.74, 6) is 0.929. The Morgan fingerprint density at radius 1 is 1.25 bits per heavy atom. The number of hydrogen-bond acceptors (Lipinski definition) is 6. The second-order valence-corrected chi connectivity index (χ2v) is 7.89. The number of Topliss-reactive ketones (excluding diaryl/α,β-unsaturated/α-hetero) is 2. The molecule has 2 aromatic rings. The highest BCUT2D eigenvalue weighted by Crippen LogP contribution is 2.38. The van der Waals surface area contributed by atoms with Gasteiger partial charge in [0.1, 0.15) is 22.8 Å². The molecule has 0 fully saturated rings. The molecule has 1 aromatic heterocycles. The van der Waals surface area contributed by atoms with Gasteiger partial charge >= 0.3 is 0 Å². The van der Waals surface area contributed by atoms with Gasteiger partial charge in [-0.25, -0.2) is 4.98 Å². The van der Waals surface area contributed by atoms with Crippen molar-refractivity contribution in [2.75, 3.05) is 13.4 Å². The summed E-state index contributed by atoms with van der Waals surface area (Å²) in [5, 5.41) is 0. The van der Waals surface area contributed by atoms with E-state index in [2.05, 4.69) is 15.0 Å². The number of rotatable bonds is 3. The molecule has 4 rings (SSSR count). The zero-order chi connectivity index (χ0) is 19.3. The molecule has 2 heterocycles. The van der Waals surface area contributed by atoms with Crippen LogP contribution in [-0.2, 0) is 4.79 Å². The van der Waals surface area contributed by atoms with E-state index in [-0.39, 0.29) is 30.4 Å². The molecule has 0 spiro atoms. The van der Waals surface area contributed by atoms with Crippen molar-refractivity contribution in [1.29, 1.82) is 0 Å². The van der Waals surface area contributed by atoms with Gasteiger partial charge in [0, 0.05) is 28.7 Å². The number of thioether (sulfide) groups is 1. The van der Waals surface area contributed by atoms with E-state index < -0.39 is 5.54 Å². The van der Waals surface area contributed by atoms with Gasteiger partial charge in [-0.15, -0.1) is 24.2 Å². The van der Waals surface area contributed by atoms with Gasteiger partial charge in [0.05, 0.1) is 18.4 Å². The Morgan fingerprint density at radius 3 is 2.68 bits per heavy atom. The first-order valence-electron chi connectivity index (χ1n) is 8.55. The maximum absolute atomic E-state index is 12.7. The summed E-state index contributed by atoms with van der Waals surface area (Å²) in [4.78, 5) is 38.6. The topological polar surface area (TPSA) is 84.4 Å². The number of aromatic nitrogens is 2. The second kappa shape index (κ2) is 7.22. The van der Waals surface area contributed by atoms with E-state index in [9.17, 15) is 9.59 Å². The lowest BCUT2D eigenvalue weighted by atomic mass is 9.81. The molecule has 8 heteroatoms. The Hall–Kier alpha value is -2.38. The lowest BCUT2D eigenvalue weighted by Gasteiger charge is -2.27. The third kappa shape index (κ3) is 3.08. The summed E-state index contributed by atoms with van der Waals surface area (Å²) in [6.07, 6.45) is 3.73. The summed E-state index contributed by atoms with van der Waals surface area (Å²) >= 11 is 1.61. The van der Waals surface area contributed by atoms with Gasteiger partial charge in [0.2, 0.25) is 0 Å². The predicted molar refractivity (Wildman–Crippen MR) is 113 cm³/mol. The minimum absolute atomic E-state index is 0. The van der Waals surface area contributed by atoms with E-state index in [1.54, 1.807) is 38.9 Å². The number of methoxy groups -OCH3 is 1. The van der Waals surface area contributed by atoms with Gasteiger partial charge in [-0.2, -0.15) is 0 Å². The molecular weight excluding hydrogens is 398 g/mol. The first-order valence-corrected chi connectivity index (χ1v) is 9.77. The lowest BCUT2D eigenvalue weighted by Crippen LogP contribution is -2.36. The van der Waals surface area contributed by atoms with Gasteiger partial charge in [-0.3, -0.25) is 14.6 Å². The van der Waals surface area contributed by atoms with Crippen LogP contribution >= 0.6 is 24.2 Å². The largest absolute Gasteiger partial charge is 0.496 e. The Kier molecular flexibility index (Phi) is 5.25. The standard InChI is InChI=1S/C20H19N3O3S.ClH/c1-20(2)18(25)11-8-14(24)17-16(13(11)9-21-20)22-19(23-17)12-7-10(27-4)5-6-15(12)26-3;/h5-7,9H,8H2,1-4H3,(H,22,23);1H. The molecule has 0 bridgehead atoms. The van der Waals surface area contributed by atoms with Crippen molar-refractivity contribution < 1.29 is 14.3 Å². The summed E-state index contributed by atoms with van der Waals surface area (Å²) in [6.45, 7) is 3.51. The quantitative estimate of drug-likeness (QED) is 0.763. The molecule has 1 aromatic carbocycles. The van der Waals surface area contributed by atoms with Crippen LogP contribution in [0.15, 0.2) is 33.7 Å². The number of hydrogen-bond donors (Lipinski definition) is 1. The molecular formula is C20H20ClN3O3S. The molecule has 0 saturated carbocycles. The smallest absolute Gasteiger partial charge is 0.187 e. The molecule has 1 N–H and O–H groups in total. The van der Waals surface area contributed by atoms with Crippen molar-refractivity contribution in [3.63, 3.8) is 0 Å².